The van der Waals surface area contributed by atoms with E-state index in [-0.39, 0.29) is 0 Å². The van der Waals surface area contributed by atoms with Crippen LogP contribution >= 0.6 is 0 Å². The standard InChI is InChI=1S/C20H18N2/c21-17-9-11-18(12-10-17)22-13-15-5-1-3-7-19(15)20-8-4-2-6-16(20)14-22/h1-12H,13-14,21H2. The summed E-state index contributed by atoms with van der Waals surface area (Å²) in [5, 5.41) is 0. The van der Waals surface area contributed by atoms with E-state index in [1.165, 1.54) is 27.9 Å². The fourth-order valence-corrected chi connectivity index (χ4v) is 3.18. The maximum atomic E-state index is 5.82. The van der Waals surface area contributed by atoms with Crippen LogP contribution in [-0.4, -0.2) is 0 Å². The van der Waals surface area contributed by atoms with Gasteiger partial charge < -0.3 is 10.6 Å². The predicted octanol–water partition coefficient (Wildman–Crippen LogP) is 4.46. The van der Waals surface area contributed by atoms with Gasteiger partial charge in [-0.1, -0.05) is 48.5 Å². The number of nitrogens with zero attached hydrogens (tertiary/aromatic N) is 1. The third-order valence-electron chi connectivity index (χ3n) is 4.31. The summed E-state index contributed by atoms with van der Waals surface area (Å²) in [5.74, 6) is 0. The Morgan fingerprint density at radius 1 is 0.636 bits per heavy atom. The quantitative estimate of drug-likeness (QED) is 0.669. The zero-order valence-corrected chi connectivity index (χ0v) is 12.4. The Morgan fingerprint density at radius 2 is 1.14 bits per heavy atom. The predicted molar refractivity (Wildman–Crippen MR) is 92.6 cm³/mol. The molecule has 4 rings (SSSR count). The molecular weight excluding hydrogens is 268 g/mol. The minimum Gasteiger partial charge on any atom is -0.399 e. The Morgan fingerprint density at radius 3 is 1.68 bits per heavy atom. The highest BCUT2D eigenvalue weighted by Gasteiger charge is 2.18. The SMILES string of the molecule is Nc1ccc(N2Cc3ccccc3-c3ccccc3C2)cc1. The zero-order valence-electron chi connectivity index (χ0n) is 12.4. The van der Waals surface area contributed by atoms with Gasteiger partial charge >= 0.3 is 0 Å². The number of hydrogen-bond acceptors (Lipinski definition) is 2. The third kappa shape index (κ3) is 2.23. The molecule has 1 aliphatic rings. The summed E-state index contributed by atoms with van der Waals surface area (Å²) in [5.41, 5.74) is 13.3. The second kappa shape index (κ2) is 5.23. The van der Waals surface area contributed by atoms with E-state index in [4.69, 9.17) is 5.73 Å². The first kappa shape index (κ1) is 13.0. The average molecular weight is 286 g/mol. The van der Waals surface area contributed by atoms with Gasteiger partial charge in [0.1, 0.15) is 0 Å². The van der Waals surface area contributed by atoms with E-state index in [0.717, 1.165) is 18.8 Å². The molecule has 2 N–H and O–H groups in total. The van der Waals surface area contributed by atoms with Gasteiger partial charge in [0.15, 0.2) is 0 Å². The molecule has 0 spiro atoms. The number of anilines is 2. The third-order valence-corrected chi connectivity index (χ3v) is 4.31. The monoisotopic (exact) mass is 286 g/mol. The summed E-state index contributed by atoms with van der Waals surface area (Å²) in [6, 6.07) is 25.5. The minimum absolute atomic E-state index is 0.805. The molecule has 0 amide bonds. The molecule has 2 heteroatoms. The van der Waals surface area contributed by atoms with Crippen LogP contribution in [0.15, 0.2) is 72.8 Å². The summed E-state index contributed by atoms with van der Waals surface area (Å²) in [6.45, 7) is 1.82. The van der Waals surface area contributed by atoms with Gasteiger partial charge in [0.25, 0.3) is 0 Å². The van der Waals surface area contributed by atoms with Crippen LogP contribution in [0.25, 0.3) is 11.1 Å². The molecule has 1 aliphatic heterocycles. The van der Waals surface area contributed by atoms with Crippen LogP contribution in [-0.2, 0) is 13.1 Å². The van der Waals surface area contributed by atoms with Gasteiger partial charge in [0.05, 0.1) is 0 Å². The fourth-order valence-electron chi connectivity index (χ4n) is 3.18. The van der Waals surface area contributed by atoms with Gasteiger partial charge in [-0.3, -0.25) is 0 Å². The van der Waals surface area contributed by atoms with Crippen LogP contribution in [0.1, 0.15) is 11.1 Å². The lowest BCUT2D eigenvalue weighted by Crippen LogP contribution is -2.20. The highest BCUT2D eigenvalue weighted by Crippen LogP contribution is 2.34. The molecule has 108 valence electrons. The lowest BCUT2D eigenvalue weighted by Gasteiger charge is -2.24. The lowest BCUT2D eigenvalue weighted by atomic mass is 9.97. The van der Waals surface area contributed by atoms with Crippen molar-refractivity contribution in [3.63, 3.8) is 0 Å². The van der Waals surface area contributed by atoms with Crippen LogP contribution in [0.2, 0.25) is 0 Å². The molecule has 1 heterocycles. The minimum atomic E-state index is 0.805. The van der Waals surface area contributed by atoms with Crippen LogP contribution in [0.5, 0.6) is 0 Å². The molecule has 0 unspecified atom stereocenters. The highest BCUT2D eigenvalue weighted by atomic mass is 15.1. The van der Waals surface area contributed by atoms with E-state index < -0.39 is 0 Å². The van der Waals surface area contributed by atoms with Crippen molar-refractivity contribution in [2.75, 3.05) is 10.6 Å². The average Bonchev–Trinajstić information content (AvgIpc) is 2.72. The van der Waals surface area contributed by atoms with Crippen LogP contribution < -0.4 is 10.6 Å². The van der Waals surface area contributed by atoms with E-state index in [1.807, 2.05) is 12.1 Å². The Labute approximate surface area is 130 Å². The molecule has 0 radical (unpaired) electrons. The number of hydrogen-bond donors (Lipinski definition) is 1. The normalized spacial score (nSPS) is 13.2. The largest absolute Gasteiger partial charge is 0.399 e. The van der Waals surface area contributed by atoms with Crippen molar-refractivity contribution in [2.24, 2.45) is 0 Å². The van der Waals surface area contributed by atoms with E-state index in [2.05, 4.69) is 65.6 Å². The van der Waals surface area contributed by atoms with Gasteiger partial charge in [0.2, 0.25) is 0 Å². The van der Waals surface area contributed by atoms with Crippen LogP contribution in [0.3, 0.4) is 0 Å². The maximum absolute atomic E-state index is 5.82. The lowest BCUT2D eigenvalue weighted by molar-refractivity contribution is 0.812. The van der Waals surface area contributed by atoms with Gasteiger partial charge in [-0.05, 0) is 46.5 Å². The topological polar surface area (TPSA) is 29.3 Å². The summed E-state index contributed by atoms with van der Waals surface area (Å²) in [4.78, 5) is 2.41. The van der Waals surface area contributed by atoms with Crippen molar-refractivity contribution >= 4 is 11.4 Å². The molecule has 3 aromatic rings. The molecule has 0 aromatic heterocycles. The molecule has 0 saturated heterocycles. The molecule has 0 bridgehead atoms. The zero-order chi connectivity index (χ0) is 14.9. The van der Waals surface area contributed by atoms with Crippen molar-refractivity contribution in [3.8, 4) is 11.1 Å². The molecule has 2 nitrogen and oxygen atoms in total. The Bertz CT molecular complexity index is 758. The van der Waals surface area contributed by atoms with Crippen LogP contribution in [0, 0.1) is 0 Å². The first-order chi connectivity index (χ1) is 10.8. The highest BCUT2D eigenvalue weighted by molar-refractivity contribution is 5.73. The number of benzene rings is 3. The summed E-state index contributed by atoms with van der Waals surface area (Å²) in [7, 11) is 0. The molecule has 0 fully saturated rings. The smallest absolute Gasteiger partial charge is 0.0439 e. The Hall–Kier alpha value is -2.74. The maximum Gasteiger partial charge on any atom is 0.0439 e. The summed E-state index contributed by atoms with van der Waals surface area (Å²) >= 11 is 0. The van der Waals surface area contributed by atoms with Crippen LogP contribution in [0.4, 0.5) is 11.4 Å². The molecule has 3 aromatic carbocycles. The number of nitrogens with two attached hydrogens (primary N) is 1. The van der Waals surface area contributed by atoms with Gasteiger partial charge in [0, 0.05) is 24.5 Å². The molecule has 0 atom stereocenters. The van der Waals surface area contributed by atoms with Crippen molar-refractivity contribution < 1.29 is 0 Å². The molecular formula is C20H18N2. The number of nitrogen functional groups attached to an aromatic ring is 1. The van der Waals surface area contributed by atoms with Crippen molar-refractivity contribution in [2.45, 2.75) is 13.1 Å². The van der Waals surface area contributed by atoms with Crippen molar-refractivity contribution in [1.82, 2.24) is 0 Å². The summed E-state index contributed by atoms with van der Waals surface area (Å²) in [6.07, 6.45) is 0. The van der Waals surface area contributed by atoms with E-state index in [9.17, 15) is 0 Å². The second-order valence-electron chi connectivity index (χ2n) is 5.76. The van der Waals surface area contributed by atoms with Gasteiger partial charge in [-0.15, -0.1) is 0 Å². The molecule has 0 saturated carbocycles. The number of fused-ring (bicyclic) bond motifs is 3. The van der Waals surface area contributed by atoms with Crippen molar-refractivity contribution in [1.29, 1.82) is 0 Å². The fraction of sp³-hybridized carbons (Fsp3) is 0.100. The van der Waals surface area contributed by atoms with Crippen molar-refractivity contribution in [3.05, 3.63) is 83.9 Å². The second-order valence-corrected chi connectivity index (χ2v) is 5.76. The van der Waals surface area contributed by atoms with E-state index >= 15 is 0 Å². The Balaban J connectivity index is 1.84. The first-order valence-corrected chi connectivity index (χ1v) is 7.58. The molecule has 0 aliphatic carbocycles. The van der Waals surface area contributed by atoms with E-state index in [0.29, 0.717) is 0 Å². The Kier molecular flexibility index (Phi) is 3.08. The van der Waals surface area contributed by atoms with Gasteiger partial charge in [-0.25, -0.2) is 0 Å². The number of rotatable bonds is 1. The first-order valence-electron chi connectivity index (χ1n) is 7.58. The van der Waals surface area contributed by atoms with Gasteiger partial charge in [-0.2, -0.15) is 0 Å². The molecule has 22 heavy (non-hydrogen) atoms. The van der Waals surface area contributed by atoms with E-state index in [1.54, 1.807) is 0 Å². The summed E-state index contributed by atoms with van der Waals surface area (Å²) < 4.78 is 0.